The SMILES string of the molecule is CNc1ncc(C)c(Nc2ccc(Br)c(Cl)c2)n1. The Labute approximate surface area is 119 Å². The number of anilines is 3. The van der Waals surface area contributed by atoms with E-state index in [4.69, 9.17) is 11.6 Å². The molecule has 0 spiro atoms. The topological polar surface area (TPSA) is 49.8 Å². The summed E-state index contributed by atoms with van der Waals surface area (Å²) in [7, 11) is 1.78. The van der Waals surface area contributed by atoms with Gasteiger partial charge in [0.15, 0.2) is 0 Å². The Morgan fingerprint density at radius 2 is 2.11 bits per heavy atom. The van der Waals surface area contributed by atoms with Gasteiger partial charge in [-0.2, -0.15) is 4.98 Å². The molecule has 0 radical (unpaired) electrons. The van der Waals surface area contributed by atoms with E-state index < -0.39 is 0 Å². The van der Waals surface area contributed by atoms with Crippen molar-refractivity contribution in [1.29, 1.82) is 0 Å². The third-order valence-corrected chi connectivity index (χ3v) is 3.61. The molecule has 0 aliphatic rings. The molecule has 1 heterocycles. The zero-order valence-electron chi connectivity index (χ0n) is 9.96. The summed E-state index contributed by atoms with van der Waals surface area (Å²) in [4.78, 5) is 8.48. The average molecular weight is 328 g/mol. The highest BCUT2D eigenvalue weighted by molar-refractivity contribution is 9.10. The van der Waals surface area contributed by atoms with Crippen LogP contribution in [0.15, 0.2) is 28.9 Å². The summed E-state index contributed by atoms with van der Waals surface area (Å²) in [6.07, 6.45) is 1.77. The van der Waals surface area contributed by atoms with E-state index in [9.17, 15) is 0 Å². The maximum absolute atomic E-state index is 6.05. The van der Waals surface area contributed by atoms with Crippen molar-refractivity contribution in [1.82, 2.24) is 9.97 Å². The fourth-order valence-corrected chi connectivity index (χ4v) is 1.83. The molecular weight excluding hydrogens is 316 g/mol. The Morgan fingerprint density at radius 3 is 2.78 bits per heavy atom. The molecule has 0 saturated carbocycles. The predicted molar refractivity (Wildman–Crippen MR) is 78.8 cm³/mol. The molecule has 6 heteroatoms. The number of nitrogens with zero attached hydrogens (tertiary/aromatic N) is 2. The monoisotopic (exact) mass is 326 g/mol. The standard InChI is InChI=1S/C12H12BrClN4/c1-7-6-16-12(15-2)18-11(7)17-8-3-4-9(13)10(14)5-8/h3-6H,1-2H3,(H2,15,16,17,18). The Balaban J connectivity index is 2.30. The highest BCUT2D eigenvalue weighted by atomic mass is 79.9. The highest BCUT2D eigenvalue weighted by Crippen LogP contribution is 2.27. The number of nitrogens with one attached hydrogen (secondary N) is 2. The molecule has 0 atom stereocenters. The van der Waals surface area contributed by atoms with Crippen LogP contribution in [0.25, 0.3) is 0 Å². The maximum Gasteiger partial charge on any atom is 0.224 e. The molecular formula is C12H12BrClN4. The lowest BCUT2D eigenvalue weighted by atomic mass is 10.3. The van der Waals surface area contributed by atoms with E-state index in [1.165, 1.54) is 0 Å². The lowest BCUT2D eigenvalue weighted by molar-refractivity contribution is 1.12. The van der Waals surface area contributed by atoms with Crippen LogP contribution >= 0.6 is 27.5 Å². The van der Waals surface area contributed by atoms with Gasteiger partial charge in [-0.15, -0.1) is 0 Å². The molecule has 2 N–H and O–H groups in total. The van der Waals surface area contributed by atoms with Gasteiger partial charge in [0.25, 0.3) is 0 Å². The summed E-state index contributed by atoms with van der Waals surface area (Å²) in [6, 6.07) is 5.66. The first-order valence-electron chi connectivity index (χ1n) is 5.33. The predicted octanol–water partition coefficient (Wildman–Crippen LogP) is 3.99. The third-order valence-electron chi connectivity index (χ3n) is 2.38. The zero-order valence-corrected chi connectivity index (χ0v) is 12.3. The molecule has 1 aromatic carbocycles. The fourth-order valence-electron chi connectivity index (χ4n) is 1.40. The fraction of sp³-hybridized carbons (Fsp3) is 0.167. The number of aryl methyl sites for hydroxylation is 1. The van der Waals surface area contributed by atoms with Crippen molar-refractivity contribution < 1.29 is 0 Å². The number of hydrogen-bond donors (Lipinski definition) is 2. The van der Waals surface area contributed by atoms with Crippen LogP contribution in [-0.4, -0.2) is 17.0 Å². The summed E-state index contributed by atoms with van der Waals surface area (Å²) in [5.74, 6) is 1.33. The lowest BCUT2D eigenvalue weighted by Gasteiger charge is -2.10. The summed E-state index contributed by atoms with van der Waals surface area (Å²) in [5.41, 5.74) is 1.85. The van der Waals surface area contributed by atoms with Crippen LogP contribution in [0.3, 0.4) is 0 Å². The van der Waals surface area contributed by atoms with E-state index in [1.54, 1.807) is 13.2 Å². The van der Waals surface area contributed by atoms with Crippen molar-refractivity contribution in [2.45, 2.75) is 6.92 Å². The molecule has 94 valence electrons. The highest BCUT2D eigenvalue weighted by Gasteiger charge is 2.05. The number of benzene rings is 1. The molecule has 2 aromatic rings. The van der Waals surface area contributed by atoms with Crippen molar-refractivity contribution in [2.75, 3.05) is 17.7 Å². The third kappa shape index (κ3) is 2.91. The molecule has 0 unspecified atom stereocenters. The van der Waals surface area contributed by atoms with Crippen molar-refractivity contribution in [3.63, 3.8) is 0 Å². The minimum Gasteiger partial charge on any atom is -0.357 e. The van der Waals surface area contributed by atoms with Crippen LogP contribution in [0.1, 0.15) is 5.56 Å². The quantitative estimate of drug-likeness (QED) is 0.895. The normalized spacial score (nSPS) is 10.2. The number of rotatable bonds is 3. The minimum atomic E-state index is 0.575. The van der Waals surface area contributed by atoms with Gasteiger partial charge in [0.05, 0.1) is 5.02 Å². The largest absolute Gasteiger partial charge is 0.357 e. The number of hydrogen-bond acceptors (Lipinski definition) is 4. The molecule has 18 heavy (non-hydrogen) atoms. The first kappa shape index (κ1) is 13.1. The van der Waals surface area contributed by atoms with Gasteiger partial charge in [0.2, 0.25) is 5.95 Å². The Hall–Kier alpha value is -1.33. The van der Waals surface area contributed by atoms with Gasteiger partial charge in [-0.05, 0) is 41.1 Å². The van der Waals surface area contributed by atoms with E-state index in [-0.39, 0.29) is 0 Å². The second-order valence-corrected chi connectivity index (χ2v) is 4.99. The first-order chi connectivity index (χ1) is 8.60. The van der Waals surface area contributed by atoms with Crippen LogP contribution in [0.4, 0.5) is 17.5 Å². The Kier molecular flexibility index (Phi) is 4.04. The van der Waals surface area contributed by atoms with Crippen molar-refractivity contribution in [2.24, 2.45) is 0 Å². The number of halogens is 2. The molecule has 1 aromatic heterocycles. The number of aromatic nitrogens is 2. The van der Waals surface area contributed by atoms with E-state index in [1.807, 2.05) is 25.1 Å². The van der Waals surface area contributed by atoms with Crippen molar-refractivity contribution in [3.05, 3.63) is 39.5 Å². The Morgan fingerprint density at radius 1 is 1.33 bits per heavy atom. The minimum absolute atomic E-state index is 0.575. The molecule has 2 rings (SSSR count). The molecule has 4 nitrogen and oxygen atoms in total. The van der Waals surface area contributed by atoms with E-state index in [0.717, 1.165) is 21.5 Å². The van der Waals surface area contributed by atoms with Crippen LogP contribution in [0.5, 0.6) is 0 Å². The maximum atomic E-state index is 6.05. The zero-order chi connectivity index (χ0) is 13.1. The van der Waals surface area contributed by atoms with Crippen molar-refractivity contribution >= 4 is 45.0 Å². The van der Waals surface area contributed by atoms with Crippen LogP contribution in [0, 0.1) is 6.92 Å². The summed E-state index contributed by atoms with van der Waals surface area (Å²) >= 11 is 9.40. The molecule has 0 bridgehead atoms. The van der Waals surface area contributed by atoms with Gasteiger partial charge in [-0.1, -0.05) is 11.6 Å². The van der Waals surface area contributed by atoms with Crippen molar-refractivity contribution in [3.8, 4) is 0 Å². The van der Waals surface area contributed by atoms with E-state index >= 15 is 0 Å². The molecule has 0 aliphatic heterocycles. The molecule has 0 fully saturated rings. The summed E-state index contributed by atoms with van der Waals surface area (Å²) < 4.78 is 0.866. The van der Waals surface area contributed by atoms with Gasteiger partial charge in [-0.3, -0.25) is 0 Å². The van der Waals surface area contributed by atoms with Crippen LogP contribution in [0.2, 0.25) is 5.02 Å². The summed E-state index contributed by atoms with van der Waals surface area (Å²) in [5, 5.41) is 6.78. The van der Waals surface area contributed by atoms with Crippen LogP contribution in [-0.2, 0) is 0 Å². The van der Waals surface area contributed by atoms with E-state index in [2.05, 4.69) is 36.5 Å². The van der Waals surface area contributed by atoms with Gasteiger partial charge in [-0.25, -0.2) is 4.98 Å². The second kappa shape index (κ2) is 5.54. The lowest BCUT2D eigenvalue weighted by Crippen LogP contribution is -2.02. The molecule has 0 aliphatic carbocycles. The average Bonchev–Trinajstić information content (AvgIpc) is 2.36. The second-order valence-electron chi connectivity index (χ2n) is 3.73. The first-order valence-corrected chi connectivity index (χ1v) is 6.50. The van der Waals surface area contributed by atoms with Gasteiger partial charge in [0, 0.05) is 29.0 Å². The smallest absolute Gasteiger partial charge is 0.224 e. The van der Waals surface area contributed by atoms with E-state index in [0.29, 0.717) is 11.0 Å². The van der Waals surface area contributed by atoms with Gasteiger partial charge >= 0.3 is 0 Å². The van der Waals surface area contributed by atoms with Gasteiger partial charge < -0.3 is 10.6 Å². The van der Waals surface area contributed by atoms with Gasteiger partial charge in [0.1, 0.15) is 5.82 Å². The molecule has 0 amide bonds. The van der Waals surface area contributed by atoms with Crippen LogP contribution < -0.4 is 10.6 Å². The Bertz CT molecular complexity index is 574. The summed E-state index contributed by atoms with van der Waals surface area (Å²) in [6.45, 7) is 1.95. The molecule has 0 saturated heterocycles.